The van der Waals surface area contributed by atoms with Crippen molar-refractivity contribution >= 4 is 17.5 Å². The van der Waals surface area contributed by atoms with Gasteiger partial charge in [-0.2, -0.15) is 0 Å². The molecule has 5 heteroatoms. The molecule has 122 valence electrons. The van der Waals surface area contributed by atoms with E-state index in [4.69, 9.17) is 0 Å². The van der Waals surface area contributed by atoms with Gasteiger partial charge in [0.25, 0.3) is 11.8 Å². The predicted octanol–water partition coefficient (Wildman–Crippen LogP) is 0.625. The summed E-state index contributed by atoms with van der Waals surface area (Å²) in [6.07, 6.45) is 0. The molecule has 1 aromatic rings. The average Bonchev–Trinajstić information content (AvgIpc) is 2.43. The van der Waals surface area contributed by atoms with Crippen LogP contribution < -0.4 is 10.2 Å². The van der Waals surface area contributed by atoms with Gasteiger partial charge in [-0.25, -0.2) is 0 Å². The molecule has 0 saturated carbocycles. The molecule has 2 amide bonds. The molecule has 1 unspecified atom stereocenters. The van der Waals surface area contributed by atoms with Crippen LogP contribution in [0.4, 0.5) is 5.69 Å². The molecule has 1 rings (SSSR count). The Hall–Kier alpha value is -1.88. The highest BCUT2D eigenvalue weighted by atomic mass is 16.2. The molecule has 0 fully saturated rings. The van der Waals surface area contributed by atoms with E-state index in [2.05, 4.69) is 5.32 Å². The minimum absolute atomic E-state index is 0.0708. The van der Waals surface area contributed by atoms with Crippen LogP contribution in [0, 0.1) is 13.8 Å². The number of quaternary nitrogens is 1. The SMILES string of the molecule is CCN(CC)C(=O)C[NH+](C)CC(=O)Nc1cc(C)ccc1C. The van der Waals surface area contributed by atoms with Gasteiger partial charge >= 0.3 is 0 Å². The lowest BCUT2D eigenvalue weighted by Crippen LogP contribution is -3.11. The Morgan fingerprint density at radius 2 is 1.77 bits per heavy atom. The second-order valence-electron chi connectivity index (χ2n) is 5.74. The van der Waals surface area contributed by atoms with Crippen LogP contribution in [0.5, 0.6) is 0 Å². The van der Waals surface area contributed by atoms with Gasteiger partial charge in [-0.3, -0.25) is 9.59 Å². The number of aryl methyl sites for hydroxylation is 2. The Kier molecular flexibility index (Phi) is 7.05. The molecule has 2 N–H and O–H groups in total. The van der Waals surface area contributed by atoms with E-state index >= 15 is 0 Å². The van der Waals surface area contributed by atoms with E-state index < -0.39 is 0 Å². The first-order valence-electron chi connectivity index (χ1n) is 7.83. The highest BCUT2D eigenvalue weighted by Crippen LogP contribution is 2.15. The Balaban J connectivity index is 2.54. The Labute approximate surface area is 133 Å². The molecule has 1 atom stereocenters. The van der Waals surface area contributed by atoms with Gasteiger partial charge in [-0.1, -0.05) is 12.1 Å². The molecule has 1 aromatic carbocycles. The summed E-state index contributed by atoms with van der Waals surface area (Å²) in [5, 5.41) is 2.93. The monoisotopic (exact) mass is 306 g/mol. The molecule has 22 heavy (non-hydrogen) atoms. The van der Waals surface area contributed by atoms with Gasteiger partial charge in [-0.15, -0.1) is 0 Å². The molecule has 0 bridgehead atoms. The van der Waals surface area contributed by atoms with Crippen LogP contribution >= 0.6 is 0 Å². The number of rotatable bonds is 7. The van der Waals surface area contributed by atoms with Gasteiger partial charge in [0, 0.05) is 18.8 Å². The second kappa shape index (κ2) is 8.54. The van der Waals surface area contributed by atoms with E-state index in [-0.39, 0.29) is 18.4 Å². The molecular formula is C17H28N3O2+. The standard InChI is InChI=1S/C17H27N3O2/c1-6-20(7-2)17(22)12-19(5)11-16(21)18-15-10-13(3)8-9-14(15)4/h8-10H,6-7,11-12H2,1-5H3,(H,18,21)/p+1. The molecule has 0 spiro atoms. The van der Waals surface area contributed by atoms with Crippen LogP contribution in [0.1, 0.15) is 25.0 Å². The number of carbonyl (C=O) groups is 2. The fraction of sp³-hybridized carbons (Fsp3) is 0.529. The molecule has 0 aliphatic heterocycles. The van der Waals surface area contributed by atoms with Crippen LogP contribution in [0.2, 0.25) is 0 Å². The Morgan fingerprint density at radius 3 is 2.36 bits per heavy atom. The highest BCUT2D eigenvalue weighted by Gasteiger charge is 2.18. The lowest BCUT2D eigenvalue weighted by Gasteiger charge is -2.21. The zero-order chi connectivity index (χ0) is 16.7. The zero-order valence-corrected chi connectivity index (χ0v) is 14.3. The van der Waals surface area contributed by atoms with Crippen molar-refractivity contribution in [1.82, 2.24) is 4.90 Å². The molecule has 0 aliphatic carbocycles. The third-order valence-corrected chi connectivity index (χ3v) is 3.70. The van der Waals surface area contributed by atoms with E-state index in [0.29, 0.717) is 19.6 Å². The second-order valence-corrected chi connectivity index (χ2v) is 5.74. The maximum atomic E-state index is 12.1. The van der Waals surface area contributed by atoms with Gasteiger partial charge in [-0.05, 0) is 44.9 Å². The van der Waals surface area contributed by atoms with Crippen molar-refractivity contribution in [3.63, 3.8) is 0 Å². The summed E-state index contributed by atoms with van der Waals surface area (Å²) < 4.78 is 0. The summed E-state index contributed by atoms with van der Waals surface area (Å²) in [5.74, 6) is 0.0144. The van der Waals surface area contributed by atoms with Crippen LogP contribution in [0.25, 0.3) is 0 Å². The van der Waals surface area contributed by atoms with Crippen molar-refractivity contribution in [3.8, 4) is 0 Å². The van der Waals surface area contributed by atoms with Gasteiger partial charge < -0.3 is 15.1 Å². The molecule has 0 aliphatic rings. The Morgan fingerprint density at radius 1 is 1.14 bits per heavy atom. The molecule has 0 aromatic heterocycles. The quantitative estimate of drug-likeness (QED) is 0.776. The van der Waals surface area contributed by atoms with Crippen molar-refractivity contribution in [2.24, 2.45) is 0 Å². The predicted molar refractivity (Wildman–Crippen MR) is 89.1 cm³/mol. The summed E-state index contributed by atoms with van der Waals surface area (Å²) in [6.45, 7) is 9.91. The molecule has 0 radical (unpaired) electrons. The molecule has 0 heterocycles. The van der Waals surface area contributed by atoms with Gasteiger partial charge in [0.1, 0.15) is 0 Å². The summed E-state index contributed by atoms with van der Waals surface area (Å²) in [7, 11) is 1.87. The van der Waals surface area contributed by atoms with Crippen molar-refractivity contribution < 1.29 is 14.5 Å². The van der Waals surface area contributed by atoms with Crippen LogP contribution in [-0.2, 0) is 9.59 Å². The van der Waals surface area contributed by atoms with E-state index in [9.17, 15) is 9.59 Å². The van der Waals surface area contributed by atoms with Gasteiger partial charge in [0.2, 0.25) is 0 Å². The molecule has 0 saturated heterocycles. The van der Waals surface area contributed by atoms with Crippen LogP contribution in [-0.4, -0.2) is 49.9 Å². The van der Waals surface area contributed by atoms with Crippen molar-refractivity contribution in [3.05, 3.63) is 29.3 Å². The van der Waals surface area contributed by atoms with Crippen molar-refractivity contribution in [2.45, 2.75) is 27.7 Å². The highest BCUT2D eigenvalue weighted by molar-refractivity contribution is 5.92. The van der Waals surface area contributed by atoms with Gasteiger partial charge in [0.15, 0.2) is 13.1 Å². The van der Waals surface area contributed by atoms with E-state index in [0.717, 1.165) is 21.7 Å². The fourth-order valence-electron chi connectivity index (χ4n) is 2.35. The van der Waals surface area contributed by atoms with Crippen LogP contribution in [0.3, 0.4) is 0 Å². The maximum absolute atomic E-state index is 12.1. The lowest BCUT2D eigenvalue weighted by molar-refractivity contribution is -0.862. The zero-order valence-electron chi connectivity index (χ0n) is 14.3. The minimum Gasteiger partial charge on any atom is -0.338 e. The third kappa shape index (κ3) is 5.48. The van der Waals surface area contributed by atoms with Gasteiger partial charge in [0.05, 0.1) is 7.05 Å². The summed E-state index contributed by atoms with van der Waals surface area (Å²) in [5.41, 5.74) is 2.99. The van der Waals surface area contributed by atoms with E-state index in [1.165, 1.54) is 0 Å². The topological polar surface area (TPSA) is 53.9 Å². The maximum Gasteiger partial charge on any atom is 0.279 e. The number of likely N-dealkylation sites (N-methyl/N-ethyl adjacent to an activating group) is 2. The number of nitrogens with one attached hydrogen (secondary N) is 2. The summed E-state index contributed by atoms with van der Waals surface area (Å²) in [6, 6.07) is 5.97. The molecular weight excluding hydrogens is 278 g/mol. The third-order valence-electron chi connectivity index (χ3n) is 3.70. The Bertz CT molecular complexity index is 525. The number of benzene rings is 1. The number of hydrogen-bond acceptors (Lipinski definition) is 2. The van der Waals surface area contributed by atoms with Crippen molar-refractivity contribution in [2.75, 3.05) is 38.5 Å². The van der Waals surface area contributed by atoms with E-state index in [1.54, 1.807) is 4.90 Å². The lowest BCUT2D eigenvalue weighted by atomic mass is 10.1. The van der Waals surface area contributed by atoms with Crippen LogP contribution in [0.15, 0.2) is 18.2 Å². The first-order chi connectivity index (χ1) is 10.4. The average molecular weight is 306 g/mol. The van der Waals surface area contributed by atoms with E-state index in [1.807, 2.05) is 52.9 Å². The van der Waals surface area contributed by atoms with Crippen molar-refractivity contribution in [1.29, 1.82) is 0 Å². The first kappa shape index (κ1) is 18.2. The first-order valence-corrected chi connectivity index (χ1v) is 7.83. The minimum atomic E-state index is -0.0708. The summed E-state index contributed by atoms with van der Waals surface area (Å²) in [4.78, 5) is 26.8. The number of carbonyl (C=O) groups excluding carboxylic acids is 2. The fourth-order valence-corrected chi connectivity index (χ4v) is 2.35. The normalized spacial score (nSPS) is 11.9. The molecule has 5 nitrogen and oxygen atoms in total. The number of amides is 2. The number of anilines is 1. The number of nitrogens with zero attached hydrogens (tertiary/aromatic N) is 1. The number of hydrogen-bond donors (Lipinski definition) is 2. The largest absolute Gasteiger partial charge is 0.338 e. The summed E-state index contributed by atoms with van der Waals surface area (Å²) >= 11 is 0. The smallest absolute Gasteiger partial charge is 0.279 e.